The van der Waals surface area contributed by atoms with E-state index in [0.29, 0.717) is 6.61 Å². The molecule has 0 aromatic carbocycles. The Hall–Kier alpha value is -0.560. The Morgan fingerprint density at radius 2 is 1.86 bits per heavy atom. The summed E-state index contributed by atoms with van der Waals surface area (Å²) in [5, 5.41) is 0. The van der Waals surface area contributed by atoms with Crippen LogP contribution in [0.15, 0.2) is 0 Å². The lowest BCUT2D eigenvalue weighted by Gasteiger charge is -2.03. The monoisotopic (exact) mass is 232 g/mol. The van der Waals surface area contributed by atoms with Gasteiger partial charge in [-0.05, 0) is 13.3 Å². The zero-order valence-corrected chi connectivity index (χ0v) is 8.89. The number of carbonyl (C=O) groups is 1. The van der Waals surface area contributed by atoms with Gasteiger partial charge in [0.25, 0.3) is 0 Å². The second kappa shape index (κ2) is 9.01. The Morgan fingerprint density at radius 1 is 1.43 bits per heavy atom. The van der Waals surface area contributed by atoms with Crippen LogP contribution < -0.4 is 0 Å². The van der Waals surface area contributed by atoms with Crippen molar-refractivity contribution in [2.45, 2.75) is 32.8 Å². The highest BCUT2D eigenvalue weighted by Gasteiger charge is 1.95. The van der Waals surface area contributed by atoms with Crippen LogP contribution in [0.4, 0.5) is 7.77 Å². The van der Waals surface area contributed by atoms with Gasteiger partial charge in [0, 0.05) is 6.61 Å². The fourth-order valence-electron chi connectivity index (χ4n) is 0.453. The highest BCUT2D eigenvalue weighted by Crippen LogP contribution is 1.91. The summed E-state index contributed by atoms with van der Waals surface area (Å²) in [6, 6.07) is 0. The van der Waals surface area contributed by atoms with E-state index in [1.807, 2.05) is 0 Å². The van der Waals surface area contributed by atoms with Crippen LogP contribution in [0.5, 0.6) is 0 Å². The molecule has 0 aliphatic heterocycles. The average Bonchev–Trinajstić information content (AvgIpc) is 2.01. The molecule has 0 N–H and O–H groups in total. The van der Waals surface area contributed by atoms with Crippen molar-refractivity contribution in [2.24, 2.45) is 0 Å². The minimum absolute atomic E-state index is 0.225. The van der Waals surface area contributed by atoms with Gasteiger partial charge >= 0.3 is 10.6 Å². The number of rotatable bonds is 5. The predicted molar refractivity (Wildman–Crippen MR) is 47.5 cm³/mol. The zero-order valence-electron chi connectivity index (χ0n) is 8.07. The summed E-state index contributed by atoms with van der Waals surface area (Å²) in [5.74, 6) is 0. The molecule has 7 heteroatoms. The summed E-state index contributed by atoms with van der Waals surface area (Å²) >= 11 is 0. The third-order valence-corrected chi connectivity index (χ3v) is 1.07. The molecule has 1 atom stereocenters. The van der Waals surface area contributed by atoms with Gasteiger partial charge in [-0.1, -0.05) is 21.1 Å². The van der Waals surface area contributed by atoms with Crippen LogP contribution in [0.25, 0.3) is 0 Å². The third-order valence-electron chi connectivity index (χ3n) is 1.07. The highest BCUT2D eigenvalue weighted by atomic mass is 32.3. The van der Waals surface area contributed by atoms with E-state index in [1.165, 1.54) is 0 Å². The summed E-state index contributed by atoms with van der Waals surface area (Å²) in [4.78, 5) is 9.97. The van der Waals surface area contributed by atoms with Crippen molar-refractivity contribution in [1.82, 2.24) is 0 Å². The van der Waals surface area contributed by atoms with E-state index in [0.717, 1.165) is 19.1 Å². The SMILES string of the molecule is CCCCOC(C)C=O.O=S(=O)(F)F. The molecule has 86 valence electrons. The first-order chi connectivity index (χ1) is 6.31. The molecular formula is C7H14F2O4S. The van der Waals surface area contributed by atoms with Crippen LogP contribution in [0.3, 0.4) is 0 Å². The summed E-state index contributed by atoms with van der Waals surface area (Å²) in [5.41, 5.74) is 0. The van der Waals surface area contributed by atoms with Crippen LogP contribution >= 0.6 is 0 Å². The number of aldehydes is 1. The van der Waals surface area contributed by atoms with E-state index in [9.17, 15) is 12.6 Å². The molecule has 0 radical (unpaired) electrons. The Labute approximate surface area is 82.8 Å². The number of hydrogen-bond acceptors (Lipinski definition) is 4. The van der Waals surface area contributed by atoms with E-state index in [4.69, 9.17) is 13.2 Å². The fourth-order valence-corrected chi connectivity index (χ4v) is 0.453. The zero-order chi connectivity index (χ0) is 11.6. The Kier molecular flexibility index (Phi) is 10.2. The molecule has 0 bridgehead atoms. The van der Waals surface area contributed by atoms with Gasteiger partial charge in [-0.15, -0.1) is 0 Å². The molecule has 0 aliphatic rings. The summed E-state index contributed by atoms with van der Waals surface area (Å²) in [6.45, 7) is 4.55. The Bertz CT molecular complexity index is 220. The summed E-state index contributed by atoms with van der Waals surface area (Å²) in [6.07, 6.45) is 2.75. The van der Waals surface area contributed by atoms with Crippen molar-refractivity contribution in [1.29, 1.82) is 0 Å². The molecule has 4 nitrogen and oxygen atoms in total. The van der Waals surface area contributed by atoms with Crippen molar-refractivity contribution >= 4 is 16.9 Å². The van der Waals surface area contributed by atoms with Crippen molar-refractivity contribution < 1.29 is 25.7 Å². The molecule has 0 aromatic heterocycles. The largest absolute Gasteiger partial charge is 0.476 e. The van der Waals surface area contributed by atoms with Crippen LogP contribution in [-0.2, 0) is 20.1 Å². The molecule has 14 heavy (non-hydrogen) atoms. The lowest BCUT2D eigenvalue weighted by Crippen LogP contribution is -2.09. The summed E-state index contributed by atoms with van der Waals surface area (Å²) < 4.78 is 41.6. The van der Waals surface area contributed by atoms with Gasteiger partial charge in [0.15, 0.2) is 0 Å². The van der Waals surface area contributed by atoms with Crippen molar-refractivity contribution in [3.8, 4) is 0 Å². The predicted octanol–water partition coefficient (Wildman–Crippen LogP) is 1.56. The van der Waals surface area contributed by atoms with Crippen molar-refractivity contribution in [2.75, 3.05) is 6.61 Å². The lowest BCUT2D eigenvalue weighted by atomic mass is 10.3. The topological polar surface area (TPSA) is 60.4 Å². The lowest BCUT2D eigenvalue weighted by molar-refractivity contribution is -0.117. The second-order valence-corrected chi connectivity index (χ2v) is 3.20. The van der Waals surface area contributed by atoms with Gasteiger partial charge < -0.3 is 9.53 Å². The molecule has 0 heterocycles. The number of halogens is 2. The van der Waals surface area contributed by atoms with Gasteiger partial charge in [0.2, 0.25) is 0 Å². The molecule has 0 aromatic rings. The highest BCUT2D eigenvalue weighted by molar-refractivity contribution is 7.81. The Morgan fingerprint density at radius 3 is 2.14 bits per heavy atom. The van der Waals surface area contributed by atoms with Gasteiger partial charge in [-0.25, -0.2) is 0 Å². The molecule has 0 saturated carbocycles. The maximum absolute atomic E-state index is 9.99. The van der Waals surface area contributed by atoms with Crippen LogP contribution in [0, 0.1) is 0 Å². The maximum Gasteiger partial charge on any atom is 0.476 e. The normalized spacial score (nSPS) is 12.6. The molecule has 0 saturated heterocycles. The summed E-state index contributed by atoms with van der Waals surface area (Å²) in [7, 11) is -5.67. The van der Waals surface area contributed by atoms with E-state index >= 15 is 0 Å². The smallest absolute Gasteiger partial charge is 0.371 e. The number of ether oxygens (including phenoxy) is 1. The quantitative estimate of drug-likeness (QED) is 0.410. The van der Waals surface area contributed by atoms with Gasteiger partial charge in [0.1, 0.15) is 12.4 Å². The fraction of sp³-hybridized carbons (Fsp3) is 0.857. The minimum atomic E-state index is -5.67. The minimum Gasteiger partial charge on any atom is -0.371 e. The molecular weight excluding hydrogens is 218 g/mol. The van der Waals surface area contributed by atoms with Gasteiger partial charge in [-0.3, -0.25) is 0 Å². The third kappa shape index (κ3) is 30.1. The van der Waals surface area contributed by atoms with E-state index in [1.54, 1.807) is 6.92 Å². The van der Waals surface area contributed by atoms with Crippen molar-refractivity contribution in [3.63, 3.8) is 0 Å². The van der Waals surface area contributed by atoms with Crippen LogP contribution in [0.2, 0.25) is 0 Å². The first-order valence-corrected chi connectivity index (χ1v) is 5.30. The van der Waals surface area contributed by atoms with Gasteiger partial charge in [0.05, 0.1) is 0 Å². The molecule has 0 fully saturated rings. The number of unbranched alkanes of at least 4 members (excludes halogenated alkanes) is 1. The molecule has 0 rings (SSSR count). The Balaban J connectivity index is 0. The second-order valence-electron chi connectivity index (χ2n) is 2.44. The van der Waals surface area contributed by atoms with Crippen molar-refractivity contribution in [3.05, 3.63) is 0 Å². The van der Waals surface area contributed by atoms with Gasteiger partial charge in [-0.2, -0.15) is 8.42 Å². The maximum atomic E-state index is 9.99. The van der Waals surface area contributed by atoms with E-state index in [2.05, 4.69) is 6.92 Å². The first-order valence-electron chi connectivity index (χ1n) is 4.02. The number of hydrogen-bond donors (Lipinski definition) is 0. The van der Waals surface area contributed by atoms with E-state index < -0.39 is 10.6 Å². The standard InChI is InChI=1S/C7H14O2.F2O2S/c1-3-4-5-9-7(2)6-8;1-5(2,3)4/h6-7H,3-5H2,1-2H3;. The number of carbonyl (C=O) groups excluding carboxylic acids is 1. The van der Waals surface area contributed by atoms with Crippen LogP contribution in [-0.4, -0.2) is 27.4 Å². The molecule has 1 unspecified atom stereocenters. The first kappa shape index (κ1) is 15.9. The van der Waals surface area contributed by atoms with E-state index in [-0.39, 0.29) is 6.10 Å². The average molecular weight is 232 g/mol. The van der Waals surface area contributed by atoms with Crippen LogP contribution in [0.1, 0.15) is 26.7 Å². The molecule has 0 amide bonds. The molecule has 0 spiro atoms. The molecule has 0 aliphatic carbocycles.